The maximum atomic E-state index is 5.37. The van der Waals surface area contributed by atoms with Crippen molar-refractivity contribution in [3.8, 4) is 0 Å². The highest BCUT2D eigenvalue weighted by Crippen LogP contribution is 2.39. The highest BCUT2D eigenvalue weighted by atomic mass is 32.1. The zero-order chi connectivity index (χ0) is 11.4. The first-order valence-corrected chi connectivity index (χ1v) is 6.69. The molecule has 0 N–H and O–H groups in total. The van der Waals surface area contributed by atoms with Crippen LogP contribution in [0.5, 0.6) is 0 Å². The lowest BCUT2D eigenvalue weighted by atomic mass is 9.88. The molecule has 1 aliphatic carbocycles. The topological polar surface area (TPSA) is 16.4 Å². The van der Waals surface area contributed by atoms with Gasteiger partial charge in [-0.2, -0.15) is 12.6 Å². The summed E-state index contributed by atoms with van der Waals surface area (Å²) in [6.45, 7) is 2.04. The lowest BCUT2D eigenvalue weighted by molar-refractivity contribution is 0.186. The maximum Gasteiger partial charge on any atom is 0.117 e. The Morgan fingerprint density at radius 1 is 1.44 bits per heavy atom. The molecule has 2 nitrogen and oxygen atoms in total. The van der Waals surface area contributed by atoms with Gasteiger partial charge in [0.05, 0.1) is 12.8 Å². The van der Waals surface area contributed by atoms with Crippen LogP contribution in [0.15, 0.2) is 22.8 Å². The number of thiol groups is 1. The van der Waals surface area contributed by atoms with Gasteiger partial charge in [0.1, 0.15) is 5.76 Å². The Morgan fingerprint density at radius 3 is 2.75 bits per heavy atom. The Kier molecular flexibility index (Phi) is 3.98. The summed E-state index contributed by atoms with van der Waals surface area (Å²) < 4.78 is 5.37. The Labute approximate surface area is 103 Å². The SMILES string of the molecule is CN(Cc1ccco1)CC1(CS)CCCC1. The first-order valence-electron chi connectivity index (χ1n) is 6.06. The fourth-order valence-electron chi connectivity index (χ4n) is 2.79. The minimum atomic E-state index is 0.449. The van der Waals surface area contributed by atoms with Gasteiger partial charge in [-0.05, 0) is 43.2 Å². The van der Waals surface area contributed by atoms with Crippen LogP contribution in [-0.4, -0.2) is 24.2 Å². The first-order chi connectivity index (χ1) is 7.74. The monoisotopic (exact) mass is 239 g/mol. The van der Waals surface area contributed by atoms with Gasteiger partial charge in [-0.15, -0.1) is 0 Å². The average Bonchev–Trinajstić information content (AvgIpc) is 2.90. The molecular weight excluding hydrogens is 218 g/mol. The molecule has 1 fully saturated rings. The second kappa shape index (κ2) is 5.28. The van der Waals surface area contributed by atoms with Crippen molar-refractivity contribution in [2.75, 3.05) is 19.3 Å². The number of hydrogen-bond donors (Lipinski definition) is 1. The summed E-state index contributed by atoms with van der Waals surface area (Å²) >= 11 is 4.54. The Morgan fingerprint density at radius 2 is 2.19 bits per heavy atom. The van der Waals surface area contributed by atoms with Gasteiger partial charge >= 0.3 is 0 Å². The standard InChI is InChI=1S/C13H21NOS/c1-14(9-12-5-4-8-15-12)10-13(11-16)6-2-3-7-13/h4-5,8,16H,2-3,6-7,9-11H2,1H3. The molecule has 3 heteroatoms. The van der Waals surface area contributed by atoms with E-state index in [0.717, 1.165) is 24.6 Å². The summed E-state index contributed by atoms with van der Waals surface area (Å²) in [5.41, 5.74) is 0.449. The molecular formula is C13H21NOS. The normalized spacial score (nSPS) is 19.4. The summed E-state index contributed by atoms with van der Waals surface area (Å²) in [6, 6.07) is 3.99. The quantitative estimate of drug-likeness (QED) is 0.794. The fourth-order valence-corrected chi connectivity index (χ4v) is 3.20. The molecule has 90 valence electrons. The molecule has 2 rings (SSSR count). The van der Waals surface area contributed by atoms with Crippen LogP contribution in [0.1, 0.15) is 31.4 Å². The van der Waals surface area contributed by atoms with Gasteiger partial charge in [-0.3, -0.25) is 4.90 Å². The zero-order valence-electron chi connectivity index (χ0n) is 9.98. The molecule has 0 spiro atoms. The maximum absolute atomic E-state index is 5.37. The first kappa shape index (κ1) is 12.1. The third-order valence-corrected chi connectivity index (χ3v) is 4.28. The van der Waals surface area contributed by atoms with Crippen molar-refractivity contribution >= 4 is 12.6 Å². The van der Waals surface area contributed by atoms with Gasteiger partial charge < -0.3 is 4.42 Å². The predicted molar refractivity (Wildman–Crippen MR) is 69.8 cm³/mol. The highest BCUT2D eigenvalue weighted by molar-refractivity contribution is 7.80. The molecule has 0 aliphatic heterocycles. The molecule has 16 heavy (non-hydrogen) atoms. The fraction of sp³-hybridized carbons (Fsp3) is 0.692. The summed E-state index contributed by atoms with van der Waals surface area (Å²) in [5.74, 6) is 2.06. The van der Waals surface area contributed by atoms with Crippen LogP contribution in [0.2, 0.25) is 0 Å². The molecule has 0 radical (unpaired) electrons. The van der Waals surface area contributed by atoms with Crippen LogP contribution in [0.3, 0.4) is 0 Å². The van der Waals surface area contributed by atoms with Crippen molar-refractivity contribution in [2.45, 2.75) is 32.2 Å². The summed E-state index contributed by atoms with van der Waals surface area (Å²) in [4.78, 5) is 2.36. The van der Waals surface area contributed by atoms with Gasteiger partial charge in [0, 0.05) is 6.54 Å². The van der Waals surface area contributed by atoms with E-state index in [2.05, 4.69) is 24.6 Å². The molecule has 1 aliphatic rings. The van der Waals surface area contributed by atoms with Crippen molar-refractivity contribution in [3.63, 3.8) is 0 Å². The van der Waals surface area contributed by atoms with Gasteiger partial charge in [0.2, 0.25) is 0 Å². The number of nitrogens with zero attached hydrogens (tertiary/aromatic N) is 1. The van der Waals surface area contributed by atoms with Gasteiger partial charge in [-0.25, -0.2) is 0 Å². The molecule has 0 unspecified atom stereocenters. The van der Waals surface area contributed by atoms with Crippen LogP contribution in [0, 0.1) is 5.41 Å². The van der Waals surface area contributed by atoms with E-state index >= 15 is 0 Å². The van der Waals surface area contributed by atoms with Crippen LogP contribution in [0.25, 0.3) is 0 Å². The third kappa shape index (κ3) is 2.83. The van der Waals surface area contributed by atoms with Crippen molar-refractivity contribution in [1.82, 2.24) is 4.90 Å². The predicted octanol–water partition coefficient (Wildman–Crippen LogP) is 3.20. The largest absolute Gasteiger partial charge is 0.468 e. The zero-order valence-corrected chi connectivity index (χ0v) is 10.9. The summed E-state index contributed by atoms with van der Waals surface area (Å²) in [5, 5.41) is 0. The Balaban J connectivity index is 1.88. The molecule has 0 atom stereocenters. The molecule has 1 aromatic heterocycles. The van der Waals surface area contributed by atoms with Crippen molar-refractivity contribution in [3.05, 3.63) is 24.2 Å². The van der Waals surface area contributed by atoms with E-state index < -0.39 is 0 Å². The summed E-state index contributed by atoms with van der Waals surface area (Å²) in [6.07, 6.45) is 7.15. The smallest absolute Gasteiger partial charge is 0.117 e. The summed E-state index contributed by atoms with van der Waals surface area (Å²) in [7, 11) is 2.17. The van der Waals surface area contributed by atoms with Crippen LogP contribution < -0.4 is 0 Å². The Hall–Kier alpha value is -0.410. The Bertz CT molecular complexity index is 304. The van der Waals surface area contributed by atoms with E-state index in [0.29, 0.717) is 5.41 Å². The van der Waals surface area contributed by atoms with E-state index in [-0.39, 0.29) is 0 Å². The van der Waals surface area contributed by atoms with E-state index in [9.17, 15) is 0 Å². The molecule has 0 aromatic carbocycles. The lowest BCUT2D eigenvalue weighted by Crippen LogP contribution is -2.34. The number of furan rings is 1. The van der Waals surface area contributed by atoms with Crippen molar-refractivity contribution in [1.29, 1.82) is 0 Å². The van der Waals surface area contributed by atoms with E-state index in [1.165, 1.54) is 25.7 Å². The molecule has 0 saturated heterocycles. The molecule has 1 saturated carbocycles. The number of rotatable bonds is 5. The van der Waals surface area contributed by atoms with Crippen molar-refractivity contribution in [2.24, 2.45) is 5.41 Å². The highest BCUT2D eigenvalue weighted by Gasteiger charge is 2.33. The minimum Gasteiger partial charge on any atom is -0.468 e. The van der Waals surface area contributed by atoms with Gasteiger partial charge in [-0.1, -0.05) is 12.8 Å². The van der Waals surface area contributed by atoms with Gasteiger partial charge in [0.15, 0.2) is 0 Å². The minimum absolute atomic E-state index is 0.449. The molecule has 0 bridgehead atoms. The molecule has 1 heterocycles. The van der Waals surface area contributed by atoms with E-state index in [1.807, 2.05) is 12.1 Å². The lowest BCUT2D eigenvalue weighted by Gasteiger charge is -2.31. The second-order valence-corrected chi connectivity index (χ2v) is 5.43. The van der Waals surface area contributed by atoms with Gasteiger partial charge in [0.25, 0.3) is 0 Å². The number of hydrogen-bond acceptors (Lipinski definition) is 3. The van der Waals surface area contributed by atoms with Crippen LogP contribution in [-0.2, 0) is 6.54 Å². The molecule has 1 aromatic rings. The van der Waals surface area contributed by atoms with Crippen LogP contribution >= 0.6 is 12.6 Å². The third-order valence-electron chi connectivity index (χ3n) is 3.61. The second-order valence-electron chi connectivity index (χ2n) is 5.12. The molecule has 0 amide bonds. The average molecular weight is 239 g/mol. The van der Waals surface area contributed by atoms with Crippen molar-refractivity contribution < 1.29 is 4.42 Å². The van der Waals surface area contributed by atoms with Crippen LogP contribution in [0.4, 0.5) is 0 Å². The van der Waals surface area contributed by atoms with E-state index in [1.54, 1.807) is 6.26 Å². The van der Waals surface area contributed by atoms with E-state index in [4.69, 9.17) is 4.42 Å².